The first-order valence-electron chi connectivity index (χ1n) is 8.39. The Kier molecular flexibility index (Phi) is 8.70. The summed E-state index contributed by atoms with van der Waals surface area (Å²) in [6.45, 7) is 5.26. The molecule has 0 aromatic carbocycles. The molecule has 2 unspecified atom stereocenters. The van der Waals surface area contributed by atoms with E-state index < -0.39 is 0 Å². The lowest BCUT2D eigenvalue weighted by Crippen LogP contribution is -2.32. The first kappa shape index (κ1) is 17.9. The highest BCUT2D eigenvalue weighted by molar-refractivity contribution is 7.80. The smallest absolute Gasteiger partial charge is 0.194 e. The minimum Gasteiger partial charge on any atom is -0.488 e. The van der Waals surface area contributed by atoms with E-state index in [2.05, 4.69) is 13.8 Å². The Morgan fingerprint density at radius 1 is 1.10 bits per heavy atom. The summed E-state index contributed by atoms with van der Waals surface area (Å²) in [5.41, 5.74) is -0.232. The van der Waals surface area contributed by atoms with Gasteiger partial charge in [-0.15, -0.1) is 0 Å². The average Bonchev–Trinajstić information content (AvgIpc) is 3.26. The van der Waals surface area contributed by atoms with Gasteiger partial charge in [-0.05, 0) is 24.6 Å². The lowest BCUT2D eigenvalue weighted by Gasteiger charge is -2.19. The van der Waals surface area contributed by atoms with Crippen molar-refractivity contribution in [2.45, 2.75) is 83.7 Å². The van der Waals surface area contributed by atoms with E-state index >= 15 is 0 Å². The predicted octanol–water partition coefficient (Wildman–Crippen LogP) is 5.29. The molecule has 0 aromatic rings. The van der Waals surface area contributed by atoms with Gasteiger partial charge in [0, 0.05) is 0 Å². The standard InChI is InChI=1S/C17H32O2S/c1-4-5-6-7-8-9-10-11-12-13-15(2)17(14-19-17)16(20)18-3/h15H,4-14H2,1-3H3. The number of hydrogen-bond acceptors (Lipinski definition) is 3. The summed E-state index contributed by atoms with van der Waals surface area (Å²) in [7, 11) is 1.65. The van der Waals surface area contributed by atoms with Gasteiger partial charge in [-0.25, -0.2) is 0 Å². The first-order chi connectivity index (χ1) is 9.67. The fourth-order valence-electron chi connectivity index (χ4n) is 2.85. The summed E-state index contributed by atoms with van der Waals surface area (Å²) in [5, 5.41) is 0.640. The minimum atomic E-state index is -0.232. The Morgan fingerprint density at radius 3 is 2.05 bits per heavy atom. The molecule has 0 radical (unpaired) electrons. The maximum atomic E-state index is 5.58. The van der Waals surface area contributed by atoms with Crippen LogP contribution >= 0.6 is 12.2 Å². The number of thiocarbonyl (C=S) groups is 1. The van der Waals surface area contributed by atoms with Crippen LogP contribution in [0.25, 0.3) is 0 Å². The number of rotatable bonds is 12. The Balaban J connectivity index is 1.97. The Morgan fingerprint density at radius 2 is 1.60 bits per heavy atom. The van der Waals surface area contributed by atoms with Crippen molar-refractivity contribution in [1.29, 1.82) is 0 Å². The summed E-state index contributed by atoms with van der Waals surface area (Å²) in [4.78, 5) is 0. The van der Waals surface area contributed by atoms with E-state index in [0.29, 0.717) is 11.0 Å². The zero-order valence-electron chi connectivity index (χ0n) is 13.6. The molecule has 0 amide bonds. The normalized spacial score (nSPS) is 22.6. The highest BCUT2D eigenvalue weighted by Gasteiger charge is 2.54. The van der Waals surface area contributed by atoms with E-state index in [4.69, 9.17) is 21.7 Å². The molecule has 1 fully saturated rings. The molecule has 1 rings (SSSR count). The topological polar surface area (TPSA) is 21.8 Å². The number of unbranched alkanes of at least 4 members (excludes halogenated alkanes) is 8. The van der Waals surface area contributed by atoms with E-state index in [0.717, 1.165) is 6.61 Å². The van der Waals surface area contributed by atoms with Crippen molar-refractivity contribution in [3.8, 4) is 0 Å². The van der Waals surface area contributed by atoms with E-state index in [1.54, 1.807) is 7.11 Å². The highest BCUT2D eigenvalue weighted by atomic mass is 32.1. The third-order valence-corrected chi connectivity index (χ3v) is 5.04. The molecule has 0 aliphatic carbocycles. The van der Waals surface area contributed by atoms with Gasteiger partial charge in [0.1, 0.15) is 0 Å². The summed E-state index contributed by atoms with van der Waals surface area (Å²) >= 11 is 5.25. The molecule has 0 N–H and O–H groups in total. The Hall–Kier alpha value is -0.150. The second-order valence-electron chi connectivity index (χ2n) is 6.19. The molecule has 1 saturated heterocycles. The maximum Gasteiger partial charge on any atom is 0.194 e. The molecule has 0 saturated carbocycles. The van der Waals surface area contributed by atoms with Gasteiger partial charge in [-0.2, -0.15) is 0 Å². The molecule has 20 heavy (non-hydrogen) atoms. The van der Waals surface area contributed by atoms with Gasteiger partial charge in [0.25, 0.3) is 0 Å². The summed E-state index contributed by atoms with van der Waals surface area (Å²) in [6, 6.07) is 0. The molecule has 0 aromatic heterocycles. The third-order valence-electron chi connectivity index (χ3n) is 4.52. The van der Waals surface area contributed by atoms with Gasteiger partial charge in [0.2, 0.25) is 0 Å². The fourth-order valence-corrected chi connectivity index (χ4v) is 3.17. The van der Waals surface area contributed by atoms with Crippen LogP contribution in [0.2, 0.25) is 0 Å². The molecule has 0 bridgehead atoms. The Labute approximate surface area is 130 Å². The summed E-state index contributed by atoms with van der Waals surface area (Å²) in [6.07, 6.45) is 13.6. The van der Waals surface area contributed by atoms with Crippen molar-refractivity contribution in [2.75, 3.05) is 13.7 Å². The first-order valence-corrected chi connectivity index (χ1v) is 8.80. The van der Waals surface area contributed by atoms with Crippen molar-refractivity contribution in [1.82, 2.24) is 0 Å². The monoisotopic (exact) mass is 300 g/mol. The van der Waals surface area contributed by atoms with Gasteiger partial charge < -0.3 is 9.47 Å². The molecule has 118 valence electrons. The zero-order chi connectivity index (χ0) is 14.8. The molecule has 3 heteroatoms. The largest absolute Gasteiger partial charge is 0.488 e. The second-order valence-corrected chi connectivity index (χ2v) is 6.56. The van der Waals surface area contributed by atoms with Crippen LogP contribution in [0, 0.1) is 5.92 Å². The molecule has 2 atom stereocenters. The van der Waals surface area contributed by atoms with Crippen LogP contribution in [0.4, 0.5) is 0 Å². The van der Waals surface area contributed by atoms with E-state index in [1.165, 1.54) is 64.2 Å². The van der Waals surface area contributed by atoms with Crippen LogP contribution < -0.4 is 0 Å². The second kappa shape index (κ2) is 9.73. The number of ether oxygens (including phenoxy) is 2. The SMILES string of the molecule is CCCCCCCCCCCC(C)C1(C(=S)OC)CO1. The van der Waals surface area contributed by atoms with Gasteiger partial charge >= 0.3 is 0 Å². The van der Waals surface area contributed by atoms with Crippen molar-refractivity contribution in [3.63, 3.8) is 0 Å². The van der Waals surface area contributed by atoms with Crippen molar-refractivity contribution < 1.29 is 9.47 Å². The molecule has 1 aliphatic rings. The Bertz CT molecular complexity index is 274. The average molecular weight is 301 g/mol. The van der Waals surface area contributed by atoms with Crippen molar-refractivity contribution >= 4 is 17.3 Å². The molecule has 1 aliphatic heterocycles. The molecule has 0 spiro atoms. The number of epoxide rings is 1. The van der Waals surface area contributed by atoms with Crippen molar-refractivity contribution in [3.05, 3.63) is 0 Å². The fraction of sp³-hybridized carbons (Fsp3) is 0.941. The van der Waals surface area contributed by atoms with Crippen molar-refractivity contribution in [2.24, 2.45) is 5.92 Å². The molecular formula is C17H32O2S. The number of methoxy groups -OCH3 is 1. The summed E-state index contributed by atoms with van der Waals surface area (Å²) in [5.74, 6) is 0.486. The highest BCUT2D eigenvalue weighted by Crippen LogP contribution is 2.39. The molecule has 1 heterocycles. The molecule has 2 nitrogen and oxygen atoms in total. The quantitative estimate of drug-likeness (QED) is 0.278. The van der Waals surface area contributed by atoms with Crippen LogP contribution in [-0.2, 0) is 9.47 Å². The third kappa shape index (κ3) is 5.69. The van der Waals surface area contributed by atoms with Gasteiger partial charge in [0.05, 0.1) is 13.7 Å². The lowest BCUT2D eigenvalue weighted by molar-refractivity contribution is 0.242. The van der Waals surface area contributed by atoms with E-state index in [9.17, 15) is 0 Å². The number of hydrogen-bond donors (Lipinski definition) is 0. The van der Waals surface area contributed by atoms with Gasteiger partial charge in [0.15, 0.2) is 10.7 Å². The van der Waals surface area contributed by atoms with Crippen LogP contribution in [-0.4, -0.2) is 24.4 Å². The van der Waals surface area contributed by atoms with E-state index in [1.807, 2.05) is 0 Å². The van der Waals surface area contributed by atoms with Crippen LogP contribution in [0.15, 0.2) is 0 Å². The van der Waals surface area contributed by atoms with Crippen LogP contribution in [0.1, 0.15) is 78.1 Å². The predicted molar refractivity (Wildman–Crippen MR) is 89.3 cm³/mol. The lowest BCUT2D eigenvalue weighted by atomic mass is 9.90. The molecular weight excluding hydrogens is 268 g/mol. The van der Waals surface area contributed by atoms with E-state index in [-0.39, 0.29) is 5.60 Å². The maximum absolute atomic E-state index is 5.58. The van der Waals surface area contributed by atoms with Gasteiger partial charge in [-0.3, -0.25) is 0 Å². The zero-order valence-corrected chi connectivity index (χ0v) is 14.4. The summed E-state index contributed by atoms with van der Waals surface area (Å²) < 4.78 is 10.8. The van der Waals surface area contributed by atoms with Crippen LogP contribution in [0.3, 0.4) is 0 Å². The van der Waals surface area contributed by atoms with Gasteiger partial charge in [-0.1, -0.05) is 71.6 Å². The minimum absolute atomic E-state index is 0.232. The van der Waals surface area contributed by atoms with Crippen LogP contribution in [0.5, 0.6) is 0 Å².